The van der Waals surface area contributed by atoms with Crippen molar-refractivity contribution in [2.24, 2.45) is 5.73 Å². The Bertz CT molecular complexity index is 1030. The van der Waals surface area contributed by atoms with Gasteiger partial charge in [-0.2, -0.15) is 0 Å². The Hall–Kier alpha value is -2.93. The minimum atomic E-state index is -2.90. The number of nitrogens with two attached hydrogens (primary N) is 1. The molecule has 1 fully saturated rings. The lowest BCUT2D eigenvalue weighted by molar-refractivity contribution is -0.122. The van der Waals surface area contributed by atoms with Gasteiger partial charge in [0.2, 0.25) is 5.91 Å². The molecule has 5 nitrogen and oxygen atoms in total. The van der Waals surface area contributed by atoms with Crippen LogP contribution in [0.15, 0.2) is 52.9 Å². The van der Waals surface area contributed by atoms with E-state index in [0.717, 1.165) is 22.3 Å². The molecule has 4 rings (SSSR count). The normalized spacial score (nSPS) is 19.2. The van der Waals surface area contributed by atoms with E-state index < -0.39 is 30.8 Å². The maximum atomic E-state index is 13.7. The molecular weight excluding hydrogens is 366 g/mol. The Balaban J connectivity index is 1.60. The fourth-order valence-corrected chi connectivity index (χ4v) is 3.67. The fraction of sp³-hybridized carbons (Fsp3) is 0.286. The summed E-state index contributed by atoms with van der Waals surface area (Å²) in [5, 5.41) is 0.858. The average molecular weight is 386 g/mol. The highest BCUT2D eigenvalue weighted by atomic mass is 19.3. The summed E-state index contributed by atoms with van der Waals surface area (Å²) in [6, 6.07) is 14.0. The molecule has 1 aliphatic heterocycles. The molecule has 1 aromatic heterocycles. The summed E-state index contributed by atoms with van der Waals surface area (Å²) in [6.07, 6.45) is -0.531. The van der Waals surface area contributed by atoms with E-state index in [0.29, 0.717) is 11.3 Å². The second kappa shape index (κ2) is 6.91. The van der Waals surface area contributed by atoms with Gasteiger partial charge in [0.25, 0.3) is 5.92 Å². The van der Waals surface area contributed by atoms with Crippen molar-refractivity contribution in [2.45, 2.75) is 24.9 Å². The summed E-state index contributed by atoms with van der Waals surface area (Å²) in [4.78, 5) is 13.0. The zero-order chi connectivity index (χ0) is 19.9. The number of methoxy groups -OCH3 is 1. The van der Waals surface area contributed by atoms with Gasteiger partial charge in [0.1, 0.15) is 17.1 Å². The highest BCUT2D eigenvalue weighted by molar-refractivity contribution is 5.84. The van der Waals surface area contributed by atoms with Crippen LogP contribution in [0.1, 0.15) is 12.0 Å². The number of rotatable bonds is 5. The van der Waals surface area contributed by atoms with Gasteiger partial charge >= 0.3 is 0 Å². The summed E-state index contributed by atoms with van der Waals surface area (Å²) in [5.41, 5.74) is 7.69. The van der Waals surface area contributed by atoms with Crippen molar-refractivity contribution in [1.29, 1.82) is 0 Å². The van der Waals surface area contributed by atoms with Crippen LogP contribution in [0.5, 0.6) is 5.75 Å². The second-order valence-electron chi connectivity index (χ2n) is 7.10. The first-order valence-electron chi connectivity index (χ1n) is 8.93. The monoisotopic (exact) mass is 386 g/mol. The number of carbonyl (C=O) groups is 1. The molecule has 0 bridgehead atoms. The molecule has 3 aromatic rings. The van der Waals surface area contributed by atoms with Crippen molar-refractivity contribution in [3.8, 4) is 17.1 Å². The number of alkyl halides is 2. The first-order valence-corrected chi connectivity index (χ1v) is 8.93. The number of ether oxygens (including phenoxy) is 1. The molecule has 2 heterocycles. The first-order chi connectivity index (χ1) is 13.3. The van der Waals surface area contributed by atoms with E-state index in [1.165, 1.54) is 4.90 Å². The van der Waals surface area contributed by atoms with Crippen molar-refractivity contribution in [3.63, 3.8) is 0 Å². The van der Waals surface area contributed by atoms with E-state index >= 15 is 0 Å². The molecule has 2 N–H and O–H groups in total. The van der Waals surface area contributed by atoms with E-state index in [2.05, 4.69) is 0 Å². The fourth-order valence-electron chi connectivity index (χ4n) is 3.67. The predicted molar refractivity (Wildman–Crippen MR) is 101 cm³/mol. The van der Waals surface area contributed by atoms with Crippen LogP contribution in [0, 0.1) is 0 Å². The third-order valence-electron chi connectivity index (χ3n) is 5.02. The minimum Gasteiger partial charge on any atom is -0.497 e. The Morgan fingerprint density at radius 2 is 2.11 bits per heavy atom. The van der Waals surface area contributed by atoms with Crippen LogP contribution in [0.25, 0.3) is 22.3 Å². The number of primary amides is 1. The van der Waals surface area contributed by atoms with Gasteiger partial charge in [0.05, 0.1) is 19.7 Å². The number of fused-ring (bicyclic) bond motifs is 1. The van der Waals surface area contributed by atoms with Crippen LogP contribution in [0.4, 0.5) is 8.78 Å². The van der Waals surface area contributed by atoms with Gasteiger partial charge in [-0.25, -0.2) is 8.78 Å². The molecule has 28 heavy (non-hydrogen) atoms. The standard InChI is InChI=1S/C21H20F2N2O3/c1-27-16-4-2-3-14(8-16)19-9-15-7-13(5-6-18(15)28-19)11-25-12-21(22,23)10-17(25)20(24)26/h2-9,17H,10-12H2,1H3,(H2,24,26). The summed E-state index contributed by atoms with van der Waals surface area (Å²) >= 11 is 0. The lowest BCUT2D eigenvalue weighted by Gasteiger charge is -2.21. The number of amides is 1. The third-order valence-corrected chi connectivity index (χ3v) is 5.02. The number of halogens is 2. The van der Waals surface area contributed by atoms with Crippen molar-refractivity contribution in [2.75, 3.05) is 13.7 Å². The van der Waals surface area contributed by atoms with E-state index in [1.807, 2.05) is 48.5 Å². The lowest BCUT2D eigenvalue weighted by atomic mass is 10.1. The maximum Gasteiger partial charge on any atom is 0.262 e. The van der Waals surface area contributed by atoms with Gasteiger partial charge in [-0.3, -0.25) is 9.69 Å². The second-order valence-corrected chi connectivity index (χ2v) is 7.10. The molecule has 1 aliphatic rings. The number of likely N-dealkylation sites (tertiary alicyclic amines) is 1. The minimum absolute atomic E-state index is 0.221. The van der Waals surface area contributed by atoms with Crippen molar-refractivity contribution in [1.82, 2.24) is 4.90 Å². The van der Waals surface area contributed by atoms with Crippen LogP contribution in [0.3, 0.4) is 0 Å². The van der Waals surface area contributed by atoms with Crippen LogP contribution >= 0.6 is 0 Å². The number of benzene rings is 2. The van der Waals surface area contributed by atoms with Gasteiger partial charge < -0.3 is 14.9 Å². The number of carbonyl (C=O) groups excluding carboxylic acids is 1. The Kier molecular flexibility index (Phi) is 4.55. The maximum absolute atomic E-state index is 13.7. The van der Waals surface area contributed by atoms with Gasteiger partial charge in [-0.05, 0) is 35.9 Å². The topological polar surface area (TPSA) is 68.7 Å². The van der Waals surface area contributed by atoms with Gasteiger partial charge in [0.15, 0.2) is 0 Å². The van der Waals surface area contributed by atoms with Crippen molar-refractivity contribution in [3.05, 3.63) is 54.1 Å². The number of hydrogen-bond donors (Lipinski definition) is 1. The molecule has 0 spiro atoms. The molecule has 0 saturated carbocycles. The third kappa shape index (κ3) is 3.57. The smallest absolute Gasteiger partial charge is 0.262 e. The molecule has 7 heteroatoms. The number of furan rings is 1. The van der Waals surface area contributed by atoms with Gasteiger partial charge in [0, 0.05) is 23.9 Å². The molecular formula is C21H20F2N2O3. The molecule has 1 amide bonds. The van der Waals surface area contributed by atoms with E-state index in [9.17, 15) is 13.6 Å². The Labute approximate surface area is 160 Å². The number of nitrogens with zero attached hydrogens (tertiary/aromatic N) is 1. The zero-order valence-corrected chi connectivity index (χ0v) is 15.3. The Morgan fingerprint density at radius 3 is 2.86 bits per heavy atom. The van der Waals surface area contributed by atoms with Gasteiger partial charge in [-0.15, -0.1) is 0 Å². The lowest BCUT2D eigenvalue weighted by Crippen LogP contribution is -2.39. The molecule has 1 saturated heterocycles. The molecule has 146 valence electrons. The summed E-state index contributed by atoms with van der Waals surface area (Å²) in [7, 11) is 1.60. The van der Waals surface area contributed by atoms with Gasteiger partial charge in [-0.1, -0.05) is 18.2 Å². The molecule has 2 aromatic carbocycles. The van der Waals surface area contributed by atoms with Crippen LogP contribution in [-0.2, 0) is 11.3 Å². The molecule has 0 radical (unpaired) electrons. The van der Waals surface area contributed by atoms with E-state index in [1.54, 1.807) is 7.11 Å². The highest BCUT2D eigenvalue weighted by Gasteiger charge is 2.47. The molecule has 1 unspecified atom stereocenters. The van der Waals surface area contributed by atoms with Crippen LogP contribution in [0.2, 0.25) is 0 Å². The predicted octanol–water partition coefficient (Wildman–Crippen LogP) is 3.80. The van der Waals surface area contributed by atoms with Crippen molar-refractivity contribution < 1.29 is 22.7 Å². The van der Waals surface area contributed by atoms with Crippen LogP contribution in [-0.4, -0.2) is 36.4 Å². The SMILES string of the molecule is COc1cccc(-c2cc3cc(CN4CC(F)(F)CC4C(N)=O)ccc3o2)c1. The van der Waals surface area contributed by atoms with Crippen LogP contribution < -0.4 is 10.5 Å². The summed E-state index contributed by atoms with van der Waals surface area (Å²) in [5.74, 6) is -2.21. The average Bonchev–Trinajstić information content (AvgIpc) is 3.21. The first kappa shape index (κ1) is 18.4. The highest BCUT2D eigenvalue weighted by Crippen LogP contribution is 2.34. The molecule has 1 atom stereocenters. The van der Waals surface area contributed by atoms with E-state index in [4.69, 9.17) is 14.9 Å². The summed E-state index contributed by atoms with van der Waals surface area (Å²) < 4.78 is 38.6. The van der Waals surface area contributed by atoms with E-state index in [-0.39, 0.29) is 6.54 Å². The summed E-state index contributed by atoms with van der Waals surface area (Å²) in [6.45, 7) is -0.252. The Morgan fingerprint density at radius 1 is 1.29 bits per heavy atom. The quantitative estimate of drug-likeness (QED) is 0.724. The van der Waals surface area contributed by atoms with Crippen molar-refractivity contribution >= 4 is 16.9 Å². The number of hydrogen-bond acceptors (Lipinski definition) is 4. The molecule has 0 aliphatic carbocycles. The zero-order valence-electron chi connectivity index (χ0n) is 15.3. The largest absolute Gasteiger partial charge is 0.497 e.